The first kappa shape index (κ1) is 13.4. The van der Waals surface area contributed by atoms with Crippen molar-refractivity contribution in [3.05, 3.63) is 22.9 Å². The first-order chi connectivity index (χ1) is 9.63. The molecule has 0 bridgehead atoms. The molecule has 9 nitrogen and oxygen atoms in total. The lowest BCUT2D eigenvalue weighted by molar-refractivity contribution is -0.0526. The normalized spacial score (nSPS) is 30.3. The van der Waals surface area contributed by atoms with Gasteiger partial charge in [0.25, 0.3) is 5.56 Å². The monoisotopic (exact) mass is 298 g/mol. The number of rotatable bonds is 3. The summed E-state index contributed by atoms with van der Waals surface area (Å²) < 4.78 is 11.9. The second-order valence-corrected chi connectivity index (χ2v) is 5.14. The van der Waals surface area contributed by atoms with E-state index in [0.29, 0.717) is 15.9 Å². The van der Waals surface area contributed by atoms with Crippen molar-refractivity contribution in [2.45, 2.75) is 24.5 Å². The highest BCUT2D eigenvalue weighted by molar-refractivity contribution is 5.97. The molecule has 2 aromatic heterocycles. The summed E-state index contributed by atoms with van der Waals surface area (Å²) in [5.41, 5.74) is -0.0360. The molecule has 10 heteroatoms. The third kappa shape index (κ3) is 1.97. The molecule has 1 fully saturated rings. The van der Waals surface area contributed by atoms with Crippen LogP contribution in [0.5, 0.6) is 0 Å². The Kier molecular flexibility index (Phi) is 3.39. The molecular formula is C10H14N4O5Si. The summed E-state index contributed by atoms with van der Waals surface area (Å²) >= 11 is 0. The minimum Gasteiger partial charge on any atom is -0.425 e. The Bertz CT molecular complexity index is 673. The van der Waals surface area contributed by atoms with Gasteiger partial charge in [0.1, 0.15) is 34.2 Å². The molecule has 1 aliphatic heterocycles. The van der Waals surface area contributed by atoms with Gasteiger partial charge in [-0.25, -0.2) is 9.67 Å². The molecule has 0 radical (unpaired) electrons. The Hall–Kier alpha value is -1.59. The first-order valence-electron chi connectivity index (χ1n) is 6.05. The van der Waals surface area contributed by atoms with Crippen molar-refractivity contribution in [2.24, 2.45) is 0 Å². The van der Waals surface area contributed by atoms with Crippen molar-refractivity contribution in [3.63, 3.8) is 0 Å². The second-order valence-electron chi connectivity index (χ2n) is 4.56. The third-order valence-corrected chi connectivity index (χ3v) is 3.64. The summed E-state index contributed by atoms with van der Waals surface area (Å²) in [5, 5.41) is 24.3. The van der Waals surface area contributed by atoms with Crippen LogP contribution in [0.1, 0.15) is 6.23 Å². The van der Waals surface area contributed by atoms with E-state index >= 15 is 0 Å². The van der Waals surface area contributed by atoms with Gasteiger partial charge in [-0.05, 0) is 0 Å². The smallest absolute Gasteiger partial charge is 0.261 e. The lowest BCUT2D eigenvalue weighted by Crippen LogP contribution is -2.33. The standard InChI is InChI=1S/C10H14N4O5Si/c15-6-5(2-18-20)19-10(7(6)16)14-8-4(1-13-14)9(17)12-3-11-8/h1,3,5-7,10,15-16H,2H2,20H3,(H,11,12,17)/t5-,6-,7-,10-/m1/s1. The number of H-pyrrole nitrogens is 1. The van der Waals surface area contributed by atoms with Gasteiger partial charge in [-0.1, -0.05) is 0 Å². The van der Waals surface area contributed by atoms with E-state index in [9.17, 15) is 15.0 Å². The Morgan fingerprint density at radius 3 is 3.05 bits per heavy atom. The van der Waals surface area contributed by atoms with E-state index in [1.807, 2.05) is 0 Å². The topological polar surface area (TPSA) is 122 Å². The summed E-state index contributed by atoms with van der Waals surface area (Å²) in [4.78, 5) is 18.1. The Morgan fingerprint density at radius 2 is 2.30 bits per heavy atom. The predicted molar refractivity (Wildman–Crippen MR) is 70.0 cm³/mol. The van der Waals surface area contributed by atoms with Crippen LogP contribution in [-0.4, -0.2) is 65.4 Å². The number of hydrogen-bond donors (Lipinski definition) is 3. The molecule has 0 unspecified atom stereocenters. The first-order valence-corrected chi connectivity index (χ1v) is 6.86. The zero-order chi connectivity index (χ0) is 14.3. The zero-order valence-corrected chi connectivity index (χ0v) is 12.6. The van der Waals surface area contributed by atoms with Crippen molar-refractivity contribution < 1.29 is 19.4 Å². The Balaban J connectivity index is 1.99. The second kappa shape index (κ2) is 5.07. The van der Waals surface area contributed by atoms with Gasteiger partial charge < -0.3 is 24.4 Å². The number of aliphatic hydroxyl groups excluding tert-OH is 2. The highest BCUT2D eigenvalue weighted by Crippen LogP contribution is 2.30. The lowest BCUT2D eigenvalue weighted by atomic mass is 10.1. The number of nitrogens with zero attached hydrogens (tertiary/aromatic N) is 3. The van der Waals surface area contributed by atoms with Crippen molar-refractivity contribution in [2.75, 3.05) is 6.61 Å². The van der Waals surface area contributed by atoms with E-state index in [1.54, 1.807) is 0 Å². The summed E-state index contributed by atoms with van der Waals surface area (Å²) in [6, 6.07) is 0. The molecule has 0 aliphatic carbocycles. The summed E-state index contributed by atoms with van der Waals surface area (Å²) in [6.07, 6.45) is -1.18. The molecule has 1 saturated heterocycles. The molecule has 2 aromatic rings. The van der Waals surface area contributed by atoms with Crippen molar-refractivity contribution >= 4 is 21.5 Å². The van der Waals surface area contributed by atoms with Crippen molar-refractivity contribution in [1.29, 1.82) is 0 Å². The molecule has 0 saturated carbocycles. The van der Waals surface area contributed by atoms with Crippen molar-refractivity contribution in [1.82, 2.24) is 19.7 Å². The van der Waals surface area contributed by atoms with E-state index in [1.165, 1.54) is 17.2 Å². The highest BCUT2D eigenvalue weighted by atomic mass is 28.2. The molecule has 108 valence electrons. The Labute approximate surface area is 115 Å². The fourth-order valence-corrected chi connectivity index (χ4v) is 2.62. The number of aromatic nitrogens is 4. The molecule has 1 aliphatic rings. The van der Waals surface area contributed by atoms with Gasteiger partial charge in [0.15, 0.2) is 11.9 Å². The molecule has 0 aromatic carbocycles. The van der Waals surface area contributed by atoms with Gasteiger partial charge in [-0.2, -0.15) is 5.10 Å². The van der Waals surface area contributed by atoms with Gasteiger partial charge in [0.2, 0.25) is 0 Å². The van der Waals surface area contributed by atoms with Gasteiger partial charge in [0, 0.05) is 0 Å². The fourth-order valence-electron chi connectivity index (χ4n) is 2.29. The molecule has 20 heavy (non-hydrogen) atoms. The summed E-state index contributed by atoms with van der Waals surface area (Å²) in [5.74, 6) is 0. The molecule has 3 N–H and O–H groups in total. The zero-order valence-electron chi connectivity index (χ0n) is 10.6. The van der Waals surface area contributed by atoms with E-state index < -0.39 is 24.5 Å². The van der Waals surface area contributed by atoms with Gasteiger partial charge in [0.05, 0.1) is 19.1 Å². The minimum atomic E-state index is -1.17. The number of aromatic amines is 1. The predicted octanol–water partition coefficient (Wildman–Crippen LogP) is -2.96. The minimum absolute atomic E-state index is 0.203. The van der Waals surface area contributed by atoms with Gasteiger partial charge in [-0.15, -0.1) is 0 Å². The molecular weight excluding hydrogens is 284 g/mol. The number of ether oxygens (including phenoxy) is 1. The van der Waals surface area contributed by atoms with E-state index in [-0.39, 0.29) is 17.8 Å². The largest absolute Gasteiger partial charge is 0.425 e. The summed E-state index contributed by atoms with van der Waals surface area (Å²) in [6.45, 7) is 0.203. The third-order valence-electron chi connectivity index (χ3n) is 3.31. The molecule has 3 heterocycles. The van der Waals surface area contributed by atoms with Crippen LogP contribution < -0.4 is 5.56 Å². The maximum atomic E-state index is 11.6. The molecule has 3 rings (SSSR count). The SMILES string of the molecule is O=c1[nH]cnc2c1cnn2[C@@H]1O[C@H](CO[SiH3])[C@@H](O)[C@H]1O. The van der Waals surface area contributed by atoms with Crippen LogP contribution in [-0.2, 0) is 9.16 Å². The van der Waals surface area contributed by atoms with E-state index in [4.69, 9.17) is 9.16 Å². The lowest BCUT2D eigenvalue weighted by Gasteiger charge is -2.15. The van der Waals surface area contributed by atoms with Crippen LogP contribution in [0.4, 0.5) is 0 Å². The maximum absolute atomic E-state index is 11.6. The van der Waals surface area contributed by atoms with Gasteiger partial charge in [-0.3, -0.25) is 4.79 Å². The van der Waals surface area contributed by atoms with E-state index in [2.05, 4.69) is 15.1 Å². The number of aliphatic hydroxyl groups is 2. The van der Waals surface area contributed by atoms with Crippen molar-refractivity contribution in [3.8, 4) is 0 Å². The fraction of sp³-hybridized carbons (Fsp3) is 0.500. The maximum Gasteiger partial charge on any atom is 0.261 e. The number of fused-ring (bicyclic) bond motifs is 1. The van der Waals surface area contributed by atoms with Crippen LogP contribution >= 0.6 is 0 Å². The Morgan fingerprint density at radius 1 is 1.50 bits per heavy atom. The molecule has 0 spiro atoms. The van der Waals surface area contributed by atoms with Gasteiger partial charge >= 0.3 is 0 Å². The highest BCUT2D eigenvalue weighted by Gasteiger charge is 2.44. The van der Waals surface area contributed by atoms with E-state index in [0.717, 1.165) is 0 Å². The number of nitrogens with one attached hydrogen (secondary N) is 1. The summed E-state index contributed by atoms with van der Waals surface area (Å²) in [7, 11) is 0.510. The number of hydrogen-bond acceptors (Lipinski definition) is 7. The average molecular weight is 298 g/mol. The van der Waals surface area contributed by atoms with Crippen LogP contribution in [0.25, 0.3) is 11.0 Å². The van der Waals surface area contributed by atoms with Crippen LogP contribution in [0.3, 0.4) is 0 Å². The van der Waals surface area contributed by atoms with Crippen LogP contribution in [0.15, 0.2) is 17.3 Å². The van der Waals surface area contributed by atoms with Crippen LogP contribution in [0.2, 0.25) is 0 Å². The van der Waals surface area contributed by atoms with Crippen LogP contribution in [0, 0.1) is 0 Å². The molecule has 4 atom stereocenters. The quantitative estimate of drug-likeness (QED) is 0.517. The molecule has 0 amide bonds. The average Bonchev–Trinajstić information content (AvgIpc) is 2.97.